The normalized spacial score (nSPS) is 10.5. The van der Waals surface area contributed by atoms with Crippen molar-refractivity contribution in [2.24, 2.45) is 5.92 Å². The van der Waals surface area contributed by atoms with Gasteiger partial charge in [-0.2, -0.15) is 0 Å². The van der Waals surface area contributed by atoms with E-state index in [4.69, 9.17) is 0 Å². The van der Waals surface area contributed by atoms with Crippen LogP contribution in [0.3, 0.4) is 0 Å². The van der Waals surface area contributed by atoms with E-state index < -0.39 is 24.3 Å². The van der Waals surface area contributed by atoms with Crippen LogP contribution in [-0.4, -0.2) is 11.9 Å². The Morgan fingerprint density at radius 2 is 1.69 bits per heavy atom. The largest absolute Gasteiger partial charge is 1.00 e. The topological polar surface area (TPSA) is 80.3 Å². The van der Waals surface area contributed by atoms with Crippen LogP contribution in [0.15, 0.2) is 0 Å². The van der Waals surface area contributed by atoms with Gasteiger partial charge in [0.1, 0.15) is 0 Å². The molecule has 0 spiro atoms. The first-order chi connectivity index (χ1) is 5.07. The maximum atomic E-state index is 10.2. The van der Waals surface area contributed by atoms with E-state index >= 15 is 0 Å². The van der Waals surface area contributed by atoms with Gasteiger partial charge in [-0.05, 0) is 12.8 Å². The molecule has 4 nitrogen and oxygen atoms in total. The minimum Gasteiger partial charge on any atom is -0.550 e. The first-order valence-electron chi connectivity index (χ1n) is 3.48. The number of hydrogen-bond acceptors (Lipinski definition) is 4. The van der Waals surface area contributed by atoms with Gasteiger partial charge in [-0.3, -0.25) is 0 Å². The Morgan fingerprint density at radius 3 is 1.92 bits per heavy atom. The van der Waals surface area contributed by atoms with Gasteiger partial charge in [0, 0.05) is 17.9 Å². The van der Waals surface area contributed by atoms with Crippen LogP contribution in [0.2, 0.25) is 0 Å². The van der Waals surface area contributed by atoms with Gasteiger partial charge in [0.25, 0.3) is 0 Å². The number of carbonyl (C=O) groups is 2. The van der Waals surface area contributed by atoms with E-state index in [-0.39, 0.29) is 37.7 Å². The fourth-order valence-corrected chi connectivity index (χ4v) is 0.853. The second-order valence-electron chi connectivity index (χ2n) is 2.38. The van der Waals surface area contributed by atoms with Crippen LogP contribution in [0.25, 0.3) is 0 Å². The smallest absolute Gasteiger partial charge is 0.550 e. The molecule has 0 rings (SSSR count). The minimum absolute atomic E-state index is 0. The van der Waals surface area contributed by atoms with Crippen molar-refractivity contribution < 1.29 is 57.5 Å². The predicted molar refractivity (Wildman–Crippen MR) is 33.0 cm³/mol. The summed E-state index contributed by atoms with van der Waals surface area (Å²) in [6, 6.07) is 0. The summed E-state index contributed by atoms with van der Waals surface area (Å²) in [6.45, 7) is 1.78. The Morgan fingerprint density at radius 1 is 1.23 bits per heavy atom. The fraction of sp³-hybridized carbons (Fsp3) is 0.714. The third-order valence-electron chi connectivity index (χ3n) is 1.38. The summed E-state index contributed by atoms with van der Waals surface area (Å²) < 4.78 is 0. The molecule has 0 aliphatic carbocycles. The van der Waals surface area contributed by atoms with E-state index in [0.717, 1.165) is 0 Å². The van der Waals surface area contributed by atoms with Crippen molar-refractivity contribution >= 4 is 11.9 Å². The molecule has 0 N–H and O–H groups in total. The minimum atomic E-state index is -1.34. The molecule has 0 aromatic heterocycles. The van der Waals surface area contributed by atoms with Crippen LogP contribution in [0.1, 0.15) is 26.2 Å². The molecule has 0 saturated heterocycles. The first-order valence-corrected chi connectivity index (χ1v) is 3.48. The zero-order chi connectivity index (χ0) is 8.85. The number of aliphatic carboxylic acids is 2. The van der Waals surface area contributed by atoms with E-state index in [9.17, 15) is 19.8 Å². The van der Waals surface area contributed by atoms with Crippen molar-refractivity contribution in [2.45, 2.75) is 26.2 Å². The zero-order valence-corrected chi connectivity index (χ0v) is 8.33. The van der Waals surface area contributed by atoms with Gasteiger partial charge < -0.3 is 19.8 Å². The van der Waals surface area contributed by atoms with Gasteiger partial charge in [-0.1, -0.05) is 13.3 Å². The van der Waals surface area contributed by atoms with Gasteiger partial charge in [-0.15, -0.1) is 0 Å². The van der Waals surface area contributed by atoms with Crippen LogP contribution in [-0.2, 0) is 9.59 Å². The zero-order valence-electron chi connectivity index (χ0n) is 8.33. The van der Waals surface area contributed by atoms with Crippen molar-refractivity contribution in [3.05, 3.63) is 0 Å². The Bertz CT molecular complexity index is 161. The van der Waals surface area contributed by atoms with Crippen molar-refractivity contribution in [3.63, 3.8) is 0 Å². The van der Waals surface area contributed by atoms with Crippen LogP contribution in [0.4, 0.5) is 0 Å². The number of carboxylic acid groups (broad SMARTS) is 2. The van der Waals surface area contributed by atoms with Crippen LogP contribution in [0.5, 0.6) is 0 Å². The molecule has 0 fully saturated rings. The molecule has 6 heteroatoms. The standard InChI is InChI=1S/C7H12O4.2Li/c1-2-3-5(7(10)11)4-6(8)9;;/h5H,2-4H2,1H3,(H,8,9)(H,10,11);;/q;2*+1/p-2. The van der Waals surface area contributed by atoms with E-state index in [1.54, 1.807) is 6.92 Å². The SMILES string of the molecule is CCCC(CC(=O)[O-])C(=O)[O-].[Li+].[Li+]. The average Bonchev–Trinajstić information content (AvgIpc) is 1.86. The third kappa shape index (κ3) is 10.1. The maximum Gasteiger partial charge on any atom is 1.00 e. The molecule has 64 valence electrons. The molecule has 0 radical (unpaired) electrons. The van der Waals surface area contributed by atoms with E-state index in [1.165, 1.54) is 0 Å². The summed E-state index contributed by atoms with van der Waals surface area (Å²) in [5.41, 5.74) is 0. The predicted octanol–water partition coefficient (Wildman–Crippen LogP) is -7.70. The second kappa shape index (κ2) is 10.2. The Balaban J connectivity index is -0.000000500. The van der Waals surface area contributed by atoms with Crippen molar-refractivity contribution in [1.82, 2.24) is 0 Å². The Hall–Kier alpha value is 0.135. The second-order valence-corrected chi connectivity index (χ2v) is 2.38. The van der Waals surface area contributed by atoms with Crippen molar-refractivity contribution in [2.75, 3.05) is 0 Å². The summed E-state index contributed by atoms with van der Waals surface area (Å²) in [6.07, 6.45) is 0.512. The van der Waals surface area contributed by atoms with E-state index in [2.05, 4.69) is 0 Å². The number of rotatable bonds is 5. The number of carboxylic acids is 2. The van der Waals surface area contributed by atoms with Gasteiger partial charge in [-0.25, -0.2) is 0 Å². The molecule has 0 aromatic rings. The monoisotopic (exact) mass is 172 g/mol. The summed E-state index contributed by atoms with van der Waals surface area (Å²) in [5, 5.41) is 20.2. The van der Waals surface area contributed by atoms with Crippen molar-refractivity contribution in [1.29, 1.82) is 0 Å². The van der Waals surface area contributed by atoms with E-state index in [1.807, 2.05) is 0 Å². The van der Waals surface area contributed by atoms with E-state index in [0.29, 0.717) is 12.8 Å². The van der Waals surface area contributed by atoms with Gasteiger partial charge >= 0.3 is 37.7 Å². The maximum absolute atomic E-state index is 10.2. The number of carbonyl (C=O) groups excluding carboxylic acids is 2. The molecule has 0 aliphatic rings. The molecule has 1 atom stereocenters. The van der Waals surface area contributed by atoms with Crippen LogP contribution in [0, 0.1) is 5.92 Å². The fourth-order valence-electron chi connectivity index (χ4n) is 0.853. The van der Waals surface area contributed by atoms with Crippen molar-refractivity contribution in [3.8, 4) is 0 Å². The molecule has 0 heterocycles. The van der Waals surface area contributed by atoms with Crippen LogP contribution >= 0.6 is 0 Å². The molecule has 13 heavy (non-hydrogen) atoms. The molecule has 0 amide bonds. The Labute approximate surface area is 101 Å². The summed E-state index contributed by atoms with van der Waals surface area (Å²) in [4.78, 5) is 20.2. The summed E-state index contributed by atoms with van der Waals surface area (Å²) >= 11 is 0. The quantitative estimate of drug-likeness (QED) is 0.386. The first kappa shape index (κ1) is 18.8. The summed E-state index contributed by atoms with van der Waals surface area (Å²) in [5.74, 6) is -3.55. The third-order valence-corrected chi connectivity index (χ3v) is 1.38. The Kier molecular flexibility index (Phi) is 14.8. The van der Waals surface area contributed by atoms with Gasteiger partial charge in [0.15, 0.2) is 0 Å². The molecular formula is C7H10Li2O4. The summed E-state index contributed by atoms with van der Waals surface area (Å²) in [7, 11) is 0. The molecule has 0 aromatic carbocycles. The number of hydrogen-bond donors (Lipinski definition) is 0. The molecule has 0 saturated carbocycles. The molecule has 0 aliphatic heterocycles. The van der Waals surface area contributed by atoms with Crippen LogP contribution < -0.4 is 47.9 Å². The molecular weight excluding hydrogens is 162 g/mol. The molecule has 1 unspecified atom stereocenters. The average molecular weight is 172 g/mol. The molecule has 0 bridgehead atoms. The van der Waals surface area contributed by atoms with Gasteiger partial charge in [0.05, 0.1) is 0 Å². The van der Waals surface area contributed by atoms with Gasteiger partial charge in [0.2, 0.25) is 0 Å².